The number of aliphatic carboxylic acids is 1. The Morgan fingerprint density at radius 3 is 1.89 bits per heavy atom. The Hall–Kier alpha value is -3.26. The van der Waals surface area contributed by atoms with Crippen molar-refractivity contribution in [1.29, 1.82) is 0 Å². The monoisotopic (exact) mass is 501 g/mol. The summed E-state index contributed by atoms with van der Waals surface area (Å²) >= 11 is 0. The van der Waals surface area contributed by atoms with Gasteiger partial charge in [-0.15, -0.1) is 0 Å². The first kappa shape index (κ1) is 31.7. The minimum atomic E-state index is -1.45. The lowest BCUT2D eigenvalue weighted by Gasteiger charge is -2.26. The molecule has 5 amide bonds. The molecule has 14 heteroatoms. The van der Waals surface area contributed by atoms with Gasteiger partial charge in [-0.2, -0.15) is 0 Å². The molecule has 5 unspecified atom stereocenters. The van der Waals surface area contributed by atoms with Gasteiger partial charge in [0, 0.05) is 6.42 Å². The lowest BCUT2D eigenvalue weighted by molar-refractivity contribution is -0.144. The maximum absolute atomic E-state index is 12.9. The smallest absolute Gasteiger partial charge is 0.326 e. The molecule has 14 nitrogen and oxygen atoms in total. The van der Waals surface area contributed by atoms with Crippen LogP contribution < -0.4 is 38.9 Å². The second-order valence-electron chi connectivity index (χ2n) is 8.40. The summed E-state index contributed by atoms with van der Waals surface area (Å²) in [5, 5.41) is 16.5. The van der Waals surface area contributed by atoms with E-state index in [4.69, 9.17) is 22.9 Å². The zero-order chi connectivity index (χ0) is 27.1. The number of carbonyl (C=O) groups is 6. The SMILES string of the molecule is CCC(C)C(NC(=O)C(CCC(N)=O)NC(=O)C(CC(N)=O)NC(=O)C(N)CCCCN)C(=O)O. The third-order valence-corrected chi connectivity index (χ3v) is 5.43. The van der Waals surface area contributed by atoms with Crippen LogP contribution in [0.5, 0.6) is 0 Å². The van der Waals surface area contributed by atoms with Gasteiger partial charge in [0.2, 0.25) is 29.5 Å². The van der Waals surface area contributed by atoms with Crippen LogP contribution in [-0.4, -0.2) is 71.3 Å². The molecule has 0 saturated carbocycles. The fraction of sp³-hybridized carbons (Fsp3) is 0.714. The van der Waals surface area contributed by atoms with Crippen LogP contribution in [0.3, 0.4) is 0 Å². The third-order valence-electron chi connectivity index (χ3n) is 5.43. The Bertz CT molecular complexity index is 762. The summed E-state index contributed by atoms with van der Waals surface area (Å²) in [6.07, 6.45) is 0.859. The van der Waals surface area contributed by atoms with Crippen LogP contribution in [0.25, 0.3) is 0 Å². The molecule has 0 rings (SSSR count). The molecule has 0 radical (unpaired) electrons. The summed E-state index contributed by atoms with van der Waals surface area (Å²) < 4.78 is 0. The molecule has 0 spiro atoms. The summed E-state index contributed by atoms with van der Waals surface area (Å²) in [6, 6.07) is -5.03. The quantitative estimate of drug-likeness (QED) is 0.0898. The molecule has 0 bridgehead atoms. The lowest BCUT2D eigenvalue weighted by Crippen LogP contribution is -2.58. The largest absolute Gasteiger partial charge is 0.480 e. The molecular formula is C21H39N7O7. The van der Waals surface area contributed by atoms with E-state index in [1.165, 1.54) is 0 Å². The van der Waals surface area contributed by atoms with Crippen molar-refractivity contribution < 1.29 is 33.9 Å². The fourth-order valence-electron chi connectivity index (χ4n) is 3.09. The predicted molar refractivity (Wildman–Crippen MR) is 126 cm³/mol. The molecule has 0 aliphatic carbocycles. The van der Waals surface area contributed by atoms with Crippen molar-refractivity contribution in [2.75, 3.05) is 6.54 Å². The van der Waals surface area contributed by atoms with Crippen molar-refractivity contribution in [3.05, 3.63) is 0 Å². The maximum Gasteiger partial charge on any atom is 0.326 e. The predicted octanol–water partition coefficient (Wildman–Crippen LogP) is -2.83. The topological polar surface area (TPSA) is 263 Å². The highest BCUT2D eigenvalue weighted by Crippen LogP contribution is 2.10. The first-order valence-electron chi connectivity index (χ1n) is 11.5. The summed E-state index contributed by atoms with van der Waals surface area (Å²) in [7, 11) is 0. The van der Waals surface area contributed by atoms with E-state index < -0.39 is 72.0 Å². The molecule has 0 heterocycles. The third kappa shape index (κ3) is 12.7. The van der Waals surface area contributed by atoms with Crippen LogP contribution in [0.4, 0.5) is 0 Å². The van der Waals surface area contributed by atoms with Crippen LogP contribution in [0.15, 0.2) is 0 Å². The Morgan fingerprint density at radius 2 is 1.40 bits per heavy atom. The number of hydrogen-bond acceptors (Lipinski definition) is 8. The Morgan fingerprint density at radius 1 is 0.829 bits per heavy atom. The number of carboxylic acid groups (broad SMARTS) is 1. The van der Waals surface area contributed by atoms with Crippen molar-refractivity contribution in [1.82, 2.24) is 16.0 Å². The molecular weight excluding hydrogens is 462 g/mol. The molecule has 12 N–H and O–H groups in total. The average molecular weight is 502 g/mol. The number of unbranched alkanes of at least 4 members (excludes halogenated alkanes) is 1. The molecule has 0 aromatic rings. The van der Waals surface area contributed by atoms with E-state index in [1.54, 1.807) is 13.8 Å². The minimum Gasteiger partial charge on any atom is -0.480 e. The van der Waals surface area contributed by atoms with E-state index in [1.807, 2.05) is 0 Å². The van der Waals surface area contributed by atoms with Gasteiger partial charge in [-0.3, -0.25) is 24.0 Å². The number of carboxylic acids is 1. The number of primary amides is 2. The first-order valence-corrected chi connectivity index (χ1v) is 11.5. The van der Waals surface area contributed by atoms with Crippen LogP contribution in [0, 0.1) is 5.92 Å². The van der Waals surface area contributed by atoms with Gasteiger partial charge in [0.05, 0.1) is 12.5 Å². The molecule has 0 saturated heterocycles. The average Bonchev–Trinajstić information content (AvgIpc) is 2.78. The molecule has 5 atom stereocenters. The minimum absolute atomic E-state index is 0.240. The molecule has 200 valence electrons. The zero-order valence-electron chi connectivity index (χ0n) is 20.2. The van der Waals surface area contributed by atoms with E-state index in [0.29, 0.717) is 32.2 Å². The van der Waals surface area contributed by atoms with Crippen molar-refractivity contribution >= 4 is 35.5 Å². The molecule has 0 aromatic carbocycles. The second-order valence-corrected chi connectivity index (χ2v) is 8.40. The summed E-state index contributed by atoms with van der Waals surface area (Å²) in [5.74, 6) is -5.85. The van der Waals surface area contributed by atoms with E-state index in [0.717, 1.165) is 0 Å². The van der Waals surface area contributed by atoms with Gasteiger partial charge in [-0.05, 0) is 31.7 Å². The molecule has 0 aromatic heterocycles. The van der Waals surface area contributed by atoms with Crippen molar-refractivity contribution in [2.45, 2.75) is 83.0 Å². The molecule has 35 heavy (non-hydrogen) atoms. The van der Waals surface area contributed by atoms with Crippen molar-refractivity contribution in [3.8, 4) is 0 Å². The Kier molecular flexibility index (Phi) is 14.9. The van der Waals surface area contributed by atoms with E-state index >= 15 is 0 Å². The van der Waals surface area contributed by atoms with Gasteiger partial charge in [0.15, 0.2) is 0 Å². The number of amides is 5. The highest BCUT2D eigenvalue weighted by Gasteiger charge is 2.32. The standard InChI is InChI=1S/C21H39N7O7/c1-3-11(2)17(21(34)35)28-19(32)13(7-8-15(24)29)26-20(33)14(10-16(25)30)27-18(31)12(23)6-4-5-9-22/h11-14,17H,3-10,22-23H2,1-2H3,(H2,24,29)(H2,25,30)(H,26,33)(H,27,31)(H,28,32)(H,34,35). The Labute approximate surface area is 204 Å². The number of carbonyl (C=O) groups excluding carboxylic acids is 5. The summed E-state index contributed by atoms with van der Waals surface area (Å²) in [5.41, 5.74) is 21.6. The number of hydrogen-bond donors (Lipinski definition) is 8. The fourth-order valence-corrected chi connectivity index (χ4v) is 3.09. The van der Waals surface area contributed by atoms with Crippen molar-refractivity contribution in [2.24, 2.45) is 28.9 Å². The number of rotatable bonds is 18. The van der Waals surface area contributed by atoms with Gasteiger partial charge in [0.25, 0.3) is 0 Å². The number of nitrogens with one attached hydrogen (secondary N) is 3. The van der Waals surface area contributed by atoms with E-state index in [-0.39, 0.29) is 12.8 Å². The van der Waals surface area contributed by atoms with Gasteiger partial charge in [0.1, 0.15) is 18.1 Å². The normalized spacial score (nSPS) is 15.1. The highest BCUT2D eigenvalue weighted by atomic mass is 16.4. The lowest BCUT2D eigenvalue weighted by atomic mass is 9.98. The van der Waals surface area contributed by atoms with Crippen LogP contribution >= 0.6 is 0 Å². The zero-order valence-corrected chi connectivity index (χ0v) is 20.2. The van der Waals surface area contributed by atoms with E-state index in [2.05, 4.69) is 16.0 Å². The van der Waals surface area contributed by atoms with Gasteiger partial charge < -0.3 is 44.0 Å². The van der Waals surface area contributed by atoms with E-state index in [9.17, 15) is 33.9 Å². The molecule has 0 aliphatic rings. The molecule has 0 fully saturated rings. The van der Waals surface area contributed by atoms with Gasteiger partial charge >= 0.3 is 5.97 Å². The number of nitrogens with two attached hydrogens (primary N) is 4. The summed E-state index contributed by atoms with van der Waals surface area (Å²) in [6.45, 7) is 3.80. The van der Waals surface area contributed by atoms with Gasteiger partial charge in [-0.1, -0.05) is 26.7 Å². The first-order chi connectivity index (χ1) is 16.3. The maximum atomic E-state index is 12.9. The highest BCUT2D eigenvalue weighted by molar-refractivity contribution is 5.96. The molecule has 0 aliphatic heterocycles. The van der Waals surface area contributed by atoms with Crippen LogP contribution in [0.1, 0.15) is 58.8 Å². The Balaban J connectivity index is 5.56. The van der Waals surface area contributed by atoms with Crippen molar-refractivity contribution in [3.63, 3.8) is 0 Å². The van der Waals surface area contributed by atoms with Crippen LogP contribution in [0.2, 0.25) is 0 Å². The van der Waals surface area contributed by atoms with Crippen LogP contribution in [-0.2, 0) is 28.8 Å². The summed E-state index contributed by atoms with van der Waals surface area (Å²) in [4.78, 5) is 72.3. The van der Waals surface area contributed by atoms with Gasteiger partial charge in [-0.25, -0.2) is 4.79 Å². The second kappa shape index (κ2) is 16.4.